The monoisotopic (exact) mass is 316 g/mol. The number of benzene rings is 1. The van der Waals surface area contributed by atoms with Crippen LogP contribution < -0.4 is 10.5 Å². The van der Waals surface area contributed by atoms with Gasteiger partial charge in [-0.25, -0.2) is 13.6 Å². The molecule has 0 saturated heterocycles. The average Bonchev–Trinajstić information content (AvgIpc) is 2.37. The Hall–Kier alpha value is -1.11. The number of alkyl halides is 1. The highest BCUT2D eigenvalue weighted by molar-refractivity contribution is 7.89. The Morgan fingerprint density at radius 1 is 1.45 bits per heavy atom. The number of sulfonamides is 1. The first-order valence-electron chi connectivity index (χ1n) is 6.43. The summed E-state index contributed by atoms with van der Waals surface area (Å²) >= 11 is 5.54. The fraction of sp³-hybridized carbons (Fsp3) is 0.462. The van der Waals surface area contributed by atoms with E-state index in [1.165, 1.54) is 6.07 Å². The summed E-state index contributed by atoms with van der Waals surface area (Å²) in [4.78, 5) is 11.8. The predicted molar refractivity (Wildman–Crippen MR) is 77.0 cm³/mol. The van der Waals surface area contributed by atoms with Crippen molar-refractivity contribution in [3.63, 3.8) is 0 Å². The van der Waals surface area contributed by atoms with Crippen molar-refractivity contribution >= 4 is 27.5 Å². The van der Waals surface area contributed by atoms with E-state index in [-0.39, 0.29) is 29.1 Å². The van der Waals surface area contributed by atoms with E-state index in [2.05, 4.69) is 5.32 Å². The zero-order valence-electron chi connectivity index (χ0n) is 10.9. The van der Waals surface area contributed by atoms with Crippen molar-refractivity contribution in [3.05, 3.63) is 29.3 Å². The van der Waals surface area contributed by atoms with Gasteiger partial charge in [-0.2, -0.15) is 0 Å². The zero-order chi connectivity index (χ0) is 14.8. The lowest BCUT2D eigenvalue weighted by Gasteiger charge is -2.26. The molecule has 0 aromatic heterocycles. The number of rotatable bonds is 4. The molecule has 0 aliphatic heterocycles. The molecule has 0 saturated carbocycles. The second kappa shape index (κ2) is 6.11. The molecule has 0 radical (unpaired) electrons. The minimum Gasteiger partial charge on any atom is -0.349 e. The lowest BCUT2D eigenvalue weighted by Crippen LogP contribution is -2.31. The Morgan fingerprint density at radius 2 is 2.20 bits per heavy atom. The fourth-order valence-electron chi connectivity index (χ4n) is 2.47. The van der Waals surface area contributed by atoms with Gasteiger partial charge in [0.2, 0.25) is 15.9 Å². The SMILES string of the molecule is NS(=O)(=O)c1ccc2c(c1)CCCC2NC(=O)CCCl. The number of hydrogen-bond acceptors (Lipinski definition) is 3. The van der Waals surface area contributed by atoms with E-state index in [0.717, 1.165) is 30.4 Å². The van der Waals surface area contributed by atoms with E-state index in [1.54, 1.807) is 12.1 Å². The van der Waals surface area contributed by atoms with Gasteiger partial charge in [-0.3, -0.25) is 4.79 Å². The summed E-state index contributed by atoms with van der Waals surface area (Å²) in [6.45, 7) is 0. The van der Waals surface area contributed by atoms with Gasteiger partial charge in [-0.1, -0.05) is 6.07 Å². The van der Waals surface area contributed by atoms with Crippen LogP contribution in [0.25, 0.3) is 0 Å². The van der Waals surface area contributed by atoms with Crippen molar-refractivity contribution in [3.8, 4) is 0 Å². The summed E-state index contributed by atoms with van der Waals surface area (Å²) in [5, 5.41) is 8.06. The van der Waals surface area contributed by atoms with Gasteiger partial charge in [0.15, 0.2) is 0 Å². The maximum absolute atomic E-state index is 11.6. The number of halogens is 1. The lowest BCUT2D eigenvalue weighted by molar-refractivity contribution is -0.121. The number of amides is 1. The Labute approximate surface area is 123 Å². The highest BCUT2D eigenvalue weighted by atomic mass is 35.5. The van der Waals surface area contributed by atoms with E-state index in [9.17, 15) is 13.2 Å². The third kappa shape index (κ3) is 3.50. The van der Waals surface area contributed by atoms with Crippen LogP contribution in [0.4, 0.5) is 0 Å². The van der Waals surface area contributed by atoms with Crippen LogP contribution in [-0.4, -0.2) is 20.2 Å². The van der Waals surface area contributed by atoms with Crippen molar-refractivity contribution in [1.82, 2.24) is 5.32 Å². The molecular weight excluding hydrogens is 300 g/mol. The van der Waals surface area contributed by atoms with Crippen molar-refractivity contribution < 1.29 is 13.2 Å². The maximum atomic E-state index is 11.6. The molecule has 7 heteroatoms. The maximum Gasteiger partial charge on any atom is 0.238 e. The largest absolute Gasteiger partial charge is 0.349 e. The minimum absolute atomic E-state index is 0.0796. The molecule has 1 amide bonds. The summed E-state index contributed by atoms with van der Waals surface area (Å²) in [7, 11) is -3.69. The van der Waals surface area contributed by atoms with E-state index < -0.39 is 10.0 Å². The number of aryl methyl sites for hydroxylation is 1. The molecule has 1 aromatic carbocycles. The first-order chi connectivity index (χ1) is 9.41. The molecular formula is C13H17ClN2O3S. The number of carbonyl (C=O) groups is 1. The molecule has 5 nitrogen and oxygen atoms in total. The van der Waals surface area contributed by atoms with E-state index in [0.29, 0.717) is 0 Å². The van der Waals surface area contributed by atoms with Crippen LogP contribution in [0, 0.1) is 0 Å². The topological polar surface area (TPSA) is 89.3 Å². The van der Waals surface area contributed by atoms with Crippen molar-refractivity contribution in [2.75, 3.05) is 5.88 Å². The molecule has 110 valence electrons. The molecule has 0 bridgehead atoms. The van der Waals surface area contributed by atoms with Gasteiger partial charge in [0, 0.05) is 12.3 Å². The fourth-order valence-corrected chi connectivity index (χ4v) is 3.21. The molecule has 1 aliphatic carbocycles. The van der Waals surface area contributed by atoms with Gasteiger partial charge in [0.25, 0.3) is 0 Å². The van der Waals surface area contributed by atoms with Gasteiger partial charge in [0.05, 0.1) is 10.9 Å². The third-order valence-corrected chi connectivity index (χ3v) is 4.51. The number of hydrogen-bond donors (Lipinski definition) is 2. The van der Waals surface area contributed by atoms with Gasteiger partial charge in [-0.05, 0) is 42.5 Å². The Balaban J connectivity index is 2.26. The first kappa shape index (κ1) is 15.3. The molecule has 0 heterocycles. The van der Waals surface area contributed by atoms with Crippen LogP contribution in [-0.2, 0) is 21.2 Å². The van der Waals surface area contributed by atoms with E-state index in [1.807, 2.05) is 0 Å². The summed E-state index contributed by atoms with van der Waals surface area (Å²) in [6, 6.07) is 4.74. The number of nitrogens with two attached hydrogens (primary N) is 1. The Morgan fingerprint density at radius 3 is 2.85 bits per heavy atom. The second-order valence-corrected chi connectivity index (χ2v) is 6.80. The third-order valence-electron chi connectivity index (χ3n) is 3.41. The second-order valence-electron chi connectivity index (χ2n) is 4.86. The minimum atomic E-state index is -3.69. The predicted octanol–water partition coefficient (Wildman–Crippen LogP) is 1.46. The van der Waals surface area contributed by atoms with Crippen molar-refractivity contribution in [1.29, 1.82) is 0 Å². The summed E-state index contributed by atoms with van der Waals surface area (Å²) in [5.41, 5.74) is 1.89. The standard InChI is InChI=1S/C13H17ClN2O3S/c14-7-6-13(17)16-12-3-1-2-9-8-10(20(15,18)19)4-5-11(9)12/h4-5,8,12H,1-3,6-7H2,(H,16,17)(H2,15,18,19). The molecule has 1 aromatic rings. The number of nitrogens with one attached hydrogen (secondary N) is 1. The smallest absolute Gasteiger partial charge is 0.238 e. The van der Waals surface area contributed by atoms with Crippen LogP contribution in [0.15, 0.2) is 23.1 Å². The molecule has 1 unspecified atom stereocenters. The van der Waals surface area contributed by atoms with Crippen LogP contribution >= 0.6 is 11.6 Å². The number of fused-ring (bicyclic) bond motifs is 1. The van der Waals surface area contributed by atoms with Crippen molar-refractivity contribution in [2.45, 2.75) is 36.6 Å². The van der Waals surface area contributed by atoms with E-state index >= 15 is 0 Å². The highest BCUT2D eigenvalue weighted by Crippen LogP contribution is 2.31. The summed E-state index contributed by atoms with van der Waals surface area (Å²) < 4.78 is 22.7. The van der Waals surface area contributed by atoms with Gasteiger partial charge < -0.3 is 5.32 Å². The van der Waals surface area contributed by atoms with Crippen LogP contribution in [0.1, 0.15) is 36.4 Å². The normalized spacial score (nSPS) is 18.4. The van der Waals surface area contributed by atoms with Gasteiger partial charge in [0.1, 0.15) is 0 Å². The number of carbonyl (C=O) groups excluding carboxylic acids is 1. The quantitative estimate of drug-likeness (QED) is 0.824. The molecule has 20 heavy (non-hydrogen) atoms. The van der Waals surface area contributed by atoms with Gasteiger partial charge >= 0.3 is 0 Å². The van der Waals surface area contributed by atoms with E-state index in [4.69, 9.17) is 16.7 Å². The van der Waals surface area contributed by atoms with Crippen LogP contribution in [0.3, 0.4) is 0 Å². The average molecular weight is 317 g/mol. The zero-order valence-corrected chi connectivity index (χ0v) is 12.5. The molecule has 2 rings (SSSR count). The molecule has 1 atom stereocenters. The van der Waals surface area contributed by atoms with Crippen LogP contribution in [0.5, 0.6) is 0 Å². The van der Waals surface area contributed by atoms with Crippen molar-refractivity contribution in [2.24, 2.45) is 5.14 Å². The number of primary sulfonamides is 1. The molecule has 0 fully saturated rings. The molecule has 3 N–H and O–H groups in total. The summed E-state index contributed by atoms with van der Waals surface area (Å²) in [6.07, 6.45) is 2.81. The van der Waals surface area contributed by atoms with Gasteiger partial charge in [-0.15, -0.1) is 11.6 Å². The molecule has 1 aliphatic rings. The first-order valence-corrected chi connectivity index (χ1v) is 8.51. The molecule has 0 spiro atoms. The Kier molecular flexibility index (Phi) is 4.67. The highest BCUT2D eigenvalue weighted by Gasteiger charge is 2.23. The summed E-state index contributed by atoms with van der Waals surface area (Å²) in [5.74, 6) is 0.198. The van der Waals surface area contributed by atoms with Crippen LogP contribution in [0.2, 0.25) is 0 Å². The Bertz CT molecular complexity index is 616. The lowest BCUT2D eigenvalue weighted by atomic mass is 9.87.